The summed E-state index contributed by atoms with van der Waals surface area (Å²) in [6.45, 7) is 0.268. The molecule has 32 heavy (non-hydrogen) atoms. The van der Waals surface area contributed by atoms with Gasteiger partial charge in [-0.1, -0.05) is 6.07 Å². The molecule has 158 valence electrons. The van der Waals surface area contributed by atoms with Crippen molar-refractivity contribution in [2.45, 2.75) is 6.42 Å². The van der Waals surface area contributed by atoms with Crippen molar-refractivity contribution in [1.82, 2.24) is 19.9 Å². The van der Waals surface area contributed by atoms with Crippen molar-refractivity contribution in [1.29, 1.82) is 5.26 Å². The lowest BCUT2D eigenvalue weighted by Gasteiger charge is -2.15. The van der Waals surface area contributed by atoms with Crippen molar-refractivity contribution < 1.29 is 14.3 Å². The number of hydrogen-bond donors (Lipinski definition) is 3. The normalized spacial score (nSPS) is 10.6. The number of carboxylic acids is 1. The number of nitrogen functional groups attached to an aromatic ring is 1. The van der Waals surface area contributed by atoms with Gasteiger partial charge < -0.3 is 16.2 Å². The number of hydrogen-bond acceptors (Lipinski definition) is 8. The molecule has 1 aromatic carbocycles. The van der Waals surface area contributed by atoms with E-state index in [1.165, 1.54) is 18.5 Å². The van der Waals surface area contributed by atoms with E-state index >= 15 is 0 Å². The number of rotatable bonds is 6. The Hall–Kier alpha value is -4.65. The lowest BCUT2D eigenvalue weighted by molar-refractivity contribution is 0.0699. The summed E-state index contributed by atoms with van der Waals surface area (Å²) in [4.78, 5) is 28.9. The molecular formula is C22H16FN7O2. The summed E-state index contributed by atoms with van der Waals surface area (Å²) in [6, 6.07) is 10.9. The molecule has 9 nitrogen and oxygen atoms in total. The standard InChI is InChI=1S/C22H16FN7O2/c23-12-4-5-15-13(9-12)18(22(31)32)19(16-3-1-2-7-26-16)17(30-15)6-8-27-21-14(10-24)20(25)28-11-29-21/h1-5,7,9,11H,6,8H2,(H,31,32)(H3,25,27,28,29). The van der Waals surface area contributed by atoms with E-state index in [0.717, 1.165) is 6.07 Å². The maximum atomic E-state index is 13.9. The van der Waals surface area contributed by atoms with Crippen LogP contribution in [-0.4, -0.2) is 37.6 Å². The van der Waals surface area contributed by atoms with Gasteiger partial charge in [0.15, 0.2) is 0 Å². The molecule has 0 amide bonds. The third kappa shape index (κ3) is 3.87. The molecule has 0 radical (unpaired) electrons. The molecule has 4 N–H and O–H groups in total. The molecule has 0 fully saturated rings. The minimum Gasteiger partial charge on any atom is -0.478 e. The highest BCUT2D eigenvalue weighted by molar-refractivity contribution is 6.08. The number of nitriles is 1. The summed E-state index contributed by atoms with van der Waals surface area (Å²) in [5, 5.41) is 22.5. The number of pyridine rings is 2. The molecule has 0 aliphatic heterocycles. The molecular weight excluding hydrogens is 413 g/mol. The number of carboxylic acid groups (broad SMARTS) is 1. The van der Waals surface area contributed by atoms with Crippen molar-refractivity contribution in [2.24, 2.45) is 0 Å². The van der Waals surface area contributed by atoms with E-state index in [1.807, 2.05) is 6.07 Å². The van der Waals surface area contributed by atoms with Crippen LogP contribution in [-0.2, 0) is 6.42 Å². The Morgan fingerprint density at radius 2 is 2.06 bits per heavy atom. The van der Waals surface area contributed by atoms with Crippen molar-refractivity contribution >= 4 is 28.5 Å². The van der Waals surface area contributed by atoms with Gasteiger partial charge in [-0.3, -0.25) is 9.97 Å². The van der Waals surface area contributed by atoms with Crippen LogP contribution < -0.4 is 11.1 Å². The zero-order valence-electron chi connectivity index (χ0n) is 16.6. The fraction of sp³-hybridized carbons (Fsp3) is 0.0909. The van der Waals surface area contributed by atoms with E-state index in [4.69, 9.17) is 5.73 Å². The second kappa shape index (κ2) is 8.61. The first-order valence-electron chi connectivity index (χ1n) is 9.51. The molecule has 4 aromatic rings. The van der Waals surface area contributed by atoms with Crippen LogP contribution in [0.3, 0.4) is 0 Å². The van der Waals surface area contributed by atoms with Crippen molar-refractivity contribution in [2.75, 3.05) is 17.6 Å². The average Bonchev–Trinajstić information content (AvgIpc) is 2.79. The fourth-order valence-corrected chi connectivity index (χ4v) is 3.42. The van der Waals surface area contributed by atoms with Gasteiger partial charge in [-0.05, 0) is 30.3 Å². The molecule has 3 heterocycles. The number of aromatic nitrogens is 4. The highest BCUT2D eigenvalue weighted by atomic mass is 19.1. The van der Waals surface area contributed by atoms with Crippen LogP contribution in [0.15, 0.2) is 48.9 Å². The molecule has 0 spiro atoms. The Morgan fingerprint density at radius 1 is 1.22 bits per heavy atom. The maximum Gasteiger partial charge on any atom is 0.337 e. The fourth-order valence-electron chi connectivity index (χ4n) is 3.42. The third-order valence-corrected chi connectivity index (χ3v) is 4.80. The van der Waals surface area contributed by atoms with Gasteiger partial charge in [0.1, 0.15) is 35.4 Å². The number of fused-ring (bicyclic) bond motifs is 1. The van der Waals surface area contributed by atoms with Crippen LogP contribution in [0.25, 0.3) is 22.2 Å². The van der Waals surface area contributed by atoms with Gasteiger partial charge in [0.05, 0.1) is 22.5 Å². The van der Waals surface area contributed by atoms with Gasteiger partial charge >= 0.3 is 5.97 Å². The Labute approximate surface area is 181 Å². The van der Waals surface area contributed by atoms with Crippen LogP contribution in [0.2, 0.25) is 0 Å². The molecule has 0 aliphatic carbocycles. The quantitative estimate of drug-likeness (QED) is 0.420. The molecule has 4 rings (SSSR count). The number of aromatic carboxylic acids is 1. The predicted octanol–water partition coefficient (Wildman–Crippen LogP) is 3.03. The first-order chi connectivity index (χ1) is 15.5. The van der Waals surface area contributed by atoms with Crippen LogP contribution >= 0.6 is 0 Å². The number of nitrogens with one attached hydrogen (secondary N) is 1. The van der Waals surface area contributed by atoms with E-state index in [2.05, 4.69) is 25.3 Å². The Kier molecular flexibility index (Phi) is 5.55. The average molecular weight is 429 g/mol. The van der Waals surface area contributed by atoms with E-state index in [1.54, 1.807) is 24.4 Å². The summed E-state index contributed by atoms with van der Waals surface area (Å²) in [5.74, 6) is -1.46. The van der Waals surface area contributed by atoms with Crippen LogP contribution in [0, 0.1) is 17.1 Å². The van der Waals surface area contributed by atoms with Gasteiger partial charge in [-0.2, -0.15) is 5.26 Å². The van der Waals surface area contributed by atoms with E-state index < -0.39 is 11.8 Å². The highest BCUT2D eigenvalue weighted by Crippen LogP contribution is 2.32. The molecule has 0 atom stereocenters. The number of nitrogens with two attached hydrogens (primary N) is 1. The molecule has 0 bridgehead atoms. The van der Waals surface area contributed by atoms with Crippen LogP contribution in [0.4, 0.5) is 16.0 Å². The molecule has 0 saturated carbocycles. The Morgan fingerprint density at radius 3 is 2.78 bits per heavy atom. The number of carbonyl (C=O) groups is 1. The smallest absolute Gasteiger partial charge is 0.337 e. The van der Waals surface area contributed by atoms with Gasteiger partial charge in [0.2, 0.25) is 0 Å². The molecule has 0 unspecified atom stereocenters. The summed E-state index contributed by atoms with van der Waals surface area (Å²) in [5.41, 5.74) is 7.26. The molecule has 0 aliphatic rings. The van der Waals surface area contributed by atoms with Crippen LogP contribution in [0.5, 0.6) is 0 Å². The summed E-state index contributed by atoms with van der Waals surface area (Å²) in [7, 11) is 0. The monoisotopic (exact) mass is 429 g/mol. The summed E-state index contributed by atoms with van der Waals surface area (Å²) in [6.07, 6.45) is 3.05. The minimum atomic E-state index is -1.21. The maximum absolute atomic E-state index is 13.9. The van der Waals surface area contributed by atoms with Crippen molar-refractivity contribution in [3.8, 4) is 17.3 Å². The van der Waals surface area contributed by atoms with Crippen LogP contribution in [0.1, 0.15) is 21.6 Å². The second-order valence-electron chi connectivity index (χ2n) is 6.76. The van der Waals surface area contributed by atoms with Gasteiger partial charge in [0.25, 0.3) is 0 Å². The largest absolute Gasteiger partial charge is 0.478 e. The molecule has 3 aromatic heterocycles. The van der Waals surface area contributed by atoms with Crippen molar-refractivity contribution in [3.63, 3.8) is 0 Å². The van der Waals surface area contributed by atoms with Gasteiger partial charge in [-0.15, -0.1) is 0 Å². The number of halogens is 1. The Balaban J connectivity index is 1.80. The van der Waals surface area contributed by atoms with E-state index in [0.29, 0.717) is 22.5 Å². The summed E-state index contributed by atoms with van der Waals surface area (Å²) >= 11 is 0. The van der Waals surface area contributed by atoms with E-state index in [9.17, 15) is 19.6 Å². The first-order valence-corrected chi connectivity index (χ1v) is 9.51. The molecule has 0 saturated heterocycles. The van der Waals surface area contributed by atoms with Gasteiger partial charge in [-0.25, -0.2) is 19.2 Å². The zero-order valence-corrected chi connectivity index (χ0v) is 16.6. The third-order valence-electron chi connectivity index (χ3n) is 4.80. The second-order valence-corrected chi connectivity index (χ2v) is 6.76. The highest BCUT2D eigenvalue weighted by Gasteiger charge is 2.23. The number of nitrogens with zero attached hydrogens (tertiary/aromatic N) is 5. The Bertz CT molecular complexity index is 1370. The summed E-state index contributed by atoms with van der Waals surface area (Å²) < 4.78 is 13.9. The lowest BCUT2D eigenvalue weighted by atomic mass is 9.96. The first kappa shape index (κ1) is 20.6. The zero-order chi connectivity index (χ0) is 22.7. The lowest BCUT2D eigenvalue weighted by Crippen LogP contribution is -2.13. The molecule has 10 heteroatoms. The number of anilines is 2. The predicted molar refractivity (Wildman–Crippen MR) is 115 cm³/mol. The van der Waals surface area contributed by atoms with Crippen molar-refractivity contribution in [3.05, 3.63) is 71.6 Å². The van der Waals surface area contributed by atoms with Gasteiger partial charge in [0, 0.05) is 30.1 Å². The van der Waals surface area contributed by atoms with E-state index in [-0.39, 0.29) is 41.1 Å². The minimum absolute atomic E-state index is 0.0539. The topological polar surface area (TPSA) is 151 Å². The SMILES string of the molecule is N#Cc1c(N)ncnc1NCCc1nc2ccc(F)cc2c(C(=O)O)c1-c1ccccn1. The number of benzene rings is 1.